The minimum absolute atomic E-state index is 0.121. The van der Waals surface area contributed by atoms with Crippen molar-refractivity contribution in [3.8, 4) is 0 Å². The van der Waals surface area contributed by atoms with Crippen LogP contribution in [0.5, 0.6) is 0 Å². The van der Waals surface area contributed by atoms with Gasteiger partial charge in [-0.2, -0.15) is 39.5 Å². The predicted octanol–water partition coefficient (Wildman–Crippen LogP) is 5.26. The standard InChI is InChI=1S/C17H23ClN4OS.3C2HF3O2/c1-9-12-14(19)15(24-17(12)21-10(2)13(9)18)16(23)20-7-6-11-5-4-8-22(11)3;3*3-2(4,5)1(6)7/h11H,4-8,19H2,1-3H3,(H,20,23);3*(H,6,7). The van der Waals surface area contributed by atoms with Gasteiger partial charge >= 0.3 is 36.4 Å². The van der Waals surface area contributed by atoms with Gasteiger partial charge in [-0.05, 0) is 52.3 Å². The lowest BCUT2D eigenvalue weighted by Crippen LogP contribution is -2.31. The molecule has 1 aliphatic heterocycles. The molecule has 45 heavy (non-hydrogen) atoms. The average Bonchev–Trinajstić information content (AvgIpc) is 3.44. The predicted molar refractivity (Wildman–Crippen MR) is 142 cm³/mol. The zero-order valence-electron chi connectivity index (χ0n) is 23.2. The van der Waals surface area contributed by atoms with Crippen molar-refractivity contribution >= 4 is 62.7 Å². The van der Waals surface area contributed by atoms with E-state index >= 15 is 0 Å². The molecule has 0 bridgehead atoms. The zero-order chi connectivity index (χ0) is 35.7. The number of carbonyl (C=O) groups excluding carboxylic acids is 1. The van der Waals surface area contributed by atoms with Gasteiger partial charge in [-0.1, -0.05) is 11.6 Å². The first-order valence-corrected chi connectivity index (χ1v) is 13.2. The number of aliphatic carboxylic acids is 3. The van der Waals surface area contributed by atoms with E-state index in [1.165, 1.54) is 24.2 Å². The van der Waals surface area contributed by atoms with Crippen molar-refractivity contribution in [2.24, 2.45) is 0 Å². The van der Waals surface area contributed by atoms with Crippen LogP contribution in [0.1, 0.15) is 40.2 Å². The number of nitrogens with one attached hydrogen (secondary N) is 1. The van der Waals surface area contributed by atoms with Crippen molar-refractivity contribution in [2.45, 2.75) is 57.7 Å². The molecule has 0 saturated carbocycles. The lowest BCUT2D eigenvalue weighted by molar-refractivity contribution is -0.193. The Balaban J connectivity index is 0.000000753. The molecule has 1 aliphatic rings. The van der Waals surface area contributed by atoms with E-state index in [2.05, 4.69) is 22.2 Å². The number of aromatic nitrogens is 1. The fraction of sp³-hybridized carbons (Fsp3) is 0.522. The van der Waals surface area contributed by atoms with Gasteiger partial charge in [0.15, 0.2) is 0 Å². The fourth-order valence-corrected chi connectivity index (χ4v) is 4.65. The van der Waals surface area contributed by atoms with Crippen molar-refractivity contribution in [1.29, 1.82) is 0 Å². The van der Waals surface area contributed by atoms with Crippen molar-refractivity contribution in [3.63, 3.8) is 0 Å². The number of carboxylic acids is 3. The molecule has 1 atom stereocenters. The lowest BCUT2D eigenvalue weighted by atomic mass is 10.1. The molecule has 1 unspecified atom stereocenters. The number of thiophene rings is 1. The molecule has 22 heteroatoms. The van der Waals surface area contributed by atoms with E-state index in [0.29, 0.717) is 28.2 Å². The molecule has 2 aromatic rings. The summed E-state index contributed by atoms with van der Waals surface area (Å²) < 4.78 is 95.2. The quantitative estimate of drug-likeness (QED) is 0.263. The monoisotopic (exact) mass is 708 g/mol. The number of alkyl halides is 9. The number of carbonyl (C=O) groups is 4. The maximum absolute atomic E-state index is 12.5. The van der Waals surface area contributed by atoms with Gasteiger partial charge in [-0.3, -0.25) is 4.79 Å². The number of rotatable bonds is 4. The first kappa shape index (κ1) is 41.4. The molecule has 6 N–H and O–H groups in total. The second kappa shape index (κ2) is 16.6. The van der Waals surface area contributed by atoms with E-state index in [9.17, 15) is 44.3 Å². The first-order chi connectivity index (χ1) is 20.2. The maximum Gasteiger partial charge on any atom is 0.490 e. The molecule has 1 fully saturated rings. The molecule has 3 rings (SSSR count). The van der Waals surface area contributed by atoms with E-state index in [0.717, 1.165) is 34.4 Å². The highest BCUT2D eigenvalue weighted by Gasteiger charge is 2.39. The van der Waals surface area contributed by atoms with Crippen LogP contribution in [-0.4, -0.2) is 93.7 Å². The number of amides is 1. The van der Waals surface area contributed by atoms with Gasteiger partial charge in [0.05, 0.1) is 16.4 Å². The van der Waals surface area contributed by atoms with Crippen LogP contribution < -0.4 is 11.1 Å². The SMILES string of the molecule is Cc1nc2sc(C(=O)NCCC3CCCN3C)c(N)c2c(C)c1Cl.O=C(O)C(F)(F)F.O=C(O)C(F)(F)F.O=C(O)C(F)(F)F. The molecule has 0 aromatic carbocycles. The van der Waals surface area contributed by atoms with Crippen LogP contribution in [0.4, 0.5) is 45.2 Å². The number of fused-ring (bicyclic) bond motifs is 1. The van der Waals surface area contributed by atoms with Crippen LogP contribution >= 0.6 is 22.9 Å². The Labute approximate surface area is 256 Å². The second-order valence-electron chi connectivity index (χ2n) is 8.89. The molecule has 0 spiro atoms. The highest BCUT2D eigenvalue weighted by atomic mass is 35.5. The molecule has 0 radical (unpaired) electrons. The molecule has 256 valence electrons. The van der Waals surface area contributed by atoms with Crippen molar-refractivity contribution in [3.05, 3.63) is 21.2 Å². The van der Waals surface area contributed by atoms with Crippen LogP contribution in [0.15, 0.2) is 0 Å². The lowest BCUT2D eigenvalue weighted by Gasteiger charge is -2.19. The summed E-state index contributed by atoms with van der Waals surface area (Å²) in [5.74, 6) is -8.39. The zero-order valence-corrected chi connectivity index (χ0v) is 24.8. The number of halogens is 10. The second-order valence-corrected chi connectivity index (χ2v) is 10.3. The summed E-state index contributed by atoms with van der Waals surface area (Å²) >= 11 is 7.60. The molecular formula is C23H26ClF9N4O7S. The van der Waals surface area contributed by atoms with Crippen LogP contribution in [0.2, 0.25) is 5.02 Å². The summed E-state index contributed by atoms with van der Waals surface area (Å²) in [4.78, 5) is 47.3. The number of nitrogens with two attached hydrogens (primary N) is 1. The number of anilines is 1. The Morgan fingerprint density at radius 2 is 1.38 bits per heavy atom. The Hall–Kier alpha value is -3.59. The Morgan fingerprint density at radius 1 is 0.956 bits per heavy atom. The van der Waals surface area contributed by atoms with Gasteiger partial charge in [0.2, 0.25) is 0 Å². The van der Waals surface area contributed by atoms with Crippen LogP contribution in [0.3, 0.4) is 0 Å². The molecule has 3 heterocycles. The van der Waals surface area contributed by atoms with Gasteiger partial charge in [0.1, 0.15) is 9.71 Å². The van der Waals surface area contributed by atoms with E-state index in [1.54, 1.807) is 0 Å². The number of likely N-dealkylation sites (tertiary alicyclic amines) is 1. The number of hydrogen-bond donors (Lipinski definition) is 5. The van der Waals surface area contributed by atoms with Crippen LogP contribution in [-0.2, 0) is 14.4 Å². The normalized spacial score (nSPS) is 15.1. The van der Waals surface area contributed by atoms with Crippen molar-refractivity contribution < 1.29 is 74.0 Å². The summed E-state index contributed by atoms with van der Waals surface area (Å²) in [6, 6.07) is 0.565. The first-order valence-electron chi connectivity index (χ1n) is 12.0. The van der Waals surface area contributed by atoms with E-state index < -0.39 is 36.4 Å². The third-order valence-electron chi connectivity index (χ3n) is 5.59. The smallest absolute Gasteiger partial charge is 0.475 e. The number of carboxylic acid groups (broad SMARTS) is 3. The largest absolute Gasteiger partial charge is 0.490 e. The summed E-state index contributed by atoms with van der Waals surface area (Å²) in [5.41, 5.74) is 8.35. The van der Waals surface area contributed by atoms with Crippen molar-refractivity contribution in [1.82, 2.24) is 15.2 Å². The molecular weight excluding hydrogens is 683 g/mol. The minimum Gasteiger partial charge on any atom is -0.475 e. The summed E-state index contributed by atoms with van der Waals surface area (Å²) in [6.07, 6.45) is -11.8. The van der Waals surface area contributed by atoms with Crippen LogP contribution in [0.25, 0.3) is 10.2 Å². The topological polar surface area (TPSA) is 183 Å². The minimum atomic E-state index is -5.08. The van der Waals surface area contributed by atoms with Crippen LogP contribution in [0, 0.1) is 13.8 Å². The highest BCUT2D eigenvalue weighted by molar-refractivity contribution is 7.21. The maximum atomic E-state index is 12.5. The number of nitrogens with zero attached hydrogens (tertiary/aromatic N) is 2. The summed E-state index contributed by atoms with van der Waals surface area (Å²) in [6.45, 7) is 5.59. The summed E-state index contributed by atoms with van der Waals surface area (Å²) in [7, 11) is 2.14. The Kier molecular flexibility index (Phi) is 15.3. The van der Waals surface area contributed by atoms with Crippen molar-refractivity contribution in [2.75, 3.05) is 25.9 Å². The average molecular weight is 709 g/mol. The van der Waals surface area contributed by atoms with Gasteiger partial charge in [0, 0.05) is 18.0 Å². The van der Waals surface area contributed by atoms with Gasteiger partial charge in [-0.15, -0.1) is 11.3 Å². The Bertz CT molecular complexity index is 1310. The third-order valence-corrected chi connectivity index (χ3v) is 7.24. The van der Waals surface area contributed by atoms with Gasteiger partial charge in [0.25, 0.3) is 5.91 Å². The summed E-state index contributed by atoms with van der Waals surface area (Å²) in [5, 5.41) is 25.8. The Morgan fingerprint density at radius 3 is 1.73 bits per heavy atom. The number of hydrogen-bond acceptors (Lipinski definition) is 8. The number of nitrogen functional groups attached to an aromatic ring is 1. The molecule has 1 saturated heterocycles. The van der Waals surface area contributed by atoms with E-state index in [-0.39, 0.29) is 5.91 Å². The molecule has 0 aliphatic carbocycles. The molecule has 2 aromatic heterocycles. The third kappa shape index (κ3) is 13.5. The van der Waals surface area contributed by atoms with Gasteiger partial charge < -0.3 is 31.3 Å². The molecule has 1 amide bonds. The van der Waals surface area contributed by atoms with E-state index in [4.69, 9.17) is 47.0 Å². The number of pyridine rings is 1. The number of aryl methyl sites for hydroxylation is 2. The van der Waals surface area contributed by atoms with Gasteiger partial charge in [-0.25, -0.2) is 19.4 Å². The molecule has 11 nitrogen and oxygen atoms in total. The fourth-order valence-electron chi connectivity index (χ4n) is 3.40. The highest BCUT2D eigenvalue weighted by Crippen LogP contribution is 2.38. The van der Waals surface area contributed by atoms with E-state index in [1.807, 2.05) is 13.8 Å².